The summed E-state index contributed by atoms with van der Waals surface area (Å²) in [7, 11) is 1.59. The van der Waals surface area contributed by atoms with Crippen LogP contribution in [0.3, 0.4) is 0 Å². The lowest BCUT2D eigenvalue weighted by Gasteiger charge is -2.31. The number of methoxy groups -OCH3 is 1. The highest BCUT2D eigenvalue weighted by atomic mass is 16.5. The minimum Gasteiger partial charge on any atom is -0.495 e. The average Bonchev–Trinajstić information content (AvgIpc) is 3.06. The van der Waals surface area contributed by atoms with E-state index in [4.69, 9.17) is 4.74 Å². The Morgan fingerprint density at radius 3 is 2.57 bits per heavy atom. The number of rotatable bonds is 5. The van der Waals surface area contributed by atoms with E-state index in [1.807, 2.05) is 75.1 Å². The Bertz CT molecular complexity index is 891. The molecule has 1 heterocycles. The molecule has 1 saturated heterocycles. The van der Waals surface area contributed by atoms with Crippen molar-refractivity contribution >= 4 is 23.2 Å². The van der Waals surface area contributed by atoms with Gasteiger partial charge < -0.3 is 14.5 Å². The average molecular weight is 380 g/mol. The molecule has 0 radical (unpaired) electrons. The van der Waals surface area contributed by atoms with Gasteiger partial charge in [-0.1, -0.05) is 24.3 Å². The van der Waals surface area contributed by atoms with Crippen molar-refractivity contribution in [3.05, 3.63) is 53.6 Å². The second-order valence-electron chi connectivity index (χ2n) is 7.67. The minimum absolute atomic E-state index is 0.00316. The summed E-state index contributed by atoms with van der Waals surface area (Å²) >= 11 is 0. The van der Waals surface area contributed by atoms with E-state index >= 15 is 0 Å². The van der Waals surface area contributed by atoms with Gasteiger partial charge in [0.1, 0.15) is 5.75 Å². The molecule has 3 rings (SSSR count). The summed E-state index contributed by atoms with van der Waals surface area (Å²) in [5.41, 5.74) is 3.80. The van der Waals surface area contributed by atoms with E-state index in [0.717, 1.165) is 16.8 Å². The summed E-state index contributed by atoms with van der Waals surface area (Å²) in [6.45, 7) is 8.42. The molecular formula is C23H28N2O3. The molecule has 0 spiro atoms. The lowest BCUT2D eigenvalue weighted by atomic mass is 10.0. The third-order valence-corrected chi connectivity index (χ3v) is 5.23. The number of amides is 2. The first kappa shape index (κ1) is 19.9. The van der Waals surface area contributed by atoms with E-state index in [-0.39, 0.29) is 30.2 Å². The van der Waals surface area contributed by atoms with E-state index < -0.39 is 0 Å². The van der Waals surface area contributed by atoms with Gasteiger partial charge in [0.2, 0.25) is 11.8 Å². The molecule has 1 unspecified atom stereocenters. The molecule has 0 saturated carbocycles. The zero-order valence-electron chi connectivity index (χ0n) is 17.2. The van der Waals surface area contributed by atoms with Gasteiger partial charge in [0.25, 0.3) is 0 Å². The molecule has 0 aliphatic carbocycles. The summed E-state index contributed by atoms with van der Waals surface area (Å²) < 4.78 is 5.40. The highest BCUT2D eigenvalue weighted by Crippen LogP contribution is 2.34. The molecule has 2 aromatic rings. The molecule has 5 nitrogen and oxygen atoms in total. The maximum absolute atomic E-state index is 13.4. The third-order valence-electron chi connectivity index (χ3n) is 5.23. The zero-order valence-corrected chi connectivity index (χ0v) is 17.2. The number of aryl methyl sites for hydroxylation is 2. The van der Waals surface area contributed by atoms with Gasteiger partial charge >= 0.3 is 0 Å². The predicted octanol–water partition coefficient (Wildman–Crippen LogP) is 4.11. The molecule has 1 aliphatic heterocycles. The number of carbonyl (C=O) groups is 2. The second kappa shape index (κ2) is 8.05. The van der Waals surface area contributed by atoms with E-state index in [1.54, 1.807) is 12.0 Å². The van der Waals surface area contributed by atoms with Crippen LogP contribution in [-0.4, -0.2) is 31.5 Å². The number of carbonyl (C=O) groups excluding carboxylic acids is 2. The lowest BCUT2D eigenvalue weighted by Crippen LogP contribution is -2.42. The van der Waals surface area contributed by atoms with Crippen molar-refractivity contribution in [1.29, 1.82) is 0 Å². The fourth-order valence-electron chi connectivity index (χ4n) is 3.79. The summed E-state index contributed by atoms with van der Waals surface area (Å²) in [4.78, 5) is 29.7. The molecule has 2 amide bonds. The van der Waals surface area contributed by atoms with Crippen LogP contribution in [0.1, 0.15) is 31.4 Å². The second-order valence-corrected chi connectivity index (χ2v) is 7.67. The van der Waals surface area contributed by atoms with Gasteiger partial charge in [-0.15, -0.1) is 0 Å². The first-order chi connectivity index (χ1) is 13.3. The van der Waals surface area contributed by atoms with Crippen LogP contribution in [0.15, 0.2) is 42.5 Å². The highest BCUT2D eigenvalue weighted by Gasteiger charge is 2.39. The number of benzene rings is 2. The Balaban J connectivity index is 1.89. The fraction of sp³-hybridized carbons (Fsp3) is 0.391. The van der Waals surface area contributed by atoms with Gasteiger partial charge in [0.15, 0.2) is 0 Å². The molecule has 148 valence electrons. The Kier molecular flexibility index (Phi) is 5.73. The normalized spacial score (nSPS) is 16.6. The standard InChI is InChI=1S/C23H28N2O3/c1-15(2)25(20-12-16(3)10-11-17(20)4)23(27)18-13-22(26)24(14-18)19-8-6-7-9-21(19)28-5/h6-12,15,18H,13-14H2,1-5H3. The van der Waals surface area contributed by atoms with Gasteiger partial charge in [-0.2, -0.15) is 0 Å². The van der Waals surface area contributed by atoms with Crippen molar-refractivity contribution in [2.24, 2.45) is 5.92 Å². The number of para-hydroxylation sites is 2. The van der Waals surface area contributed by atoms with E-state index in [2.05, 4.69) is 0 Å². The van der Waals surface area contributed by atoms with Gasteiger partial charge in [0, 0.05) is 24.7 Å². The smallest absolute Gasteiger partial charge is 0.232 e. The van der Waals surface area contributed by atoms with Crippen molar-refractivity contribution in [2.75, 3.05) is 23.5 Å². The molecule has 5 heteroatoms. The Morgan fingerprint density at radius 1 is 1.18 bits per heavy atom. The monoisotopic (exact) mass is 380 g/mol. The van der Waals surface area contributed by atoms with Crippen molar-refractivity contribution in [2.45, 2.75) is 40.2 Å². The minimum atomic E-state index is -0.375. The Morgan fingerprint density at radius 2 is 1.89 bits per heavy atom. The number of hydrogen-bond donors (Lipinski definition) is 0. The van der Waals surface area contributed by atoms with Crippen molar-refractivity contribution in [3.63, 3.8) is 0 Å². The summed E-state index contributed by atoms with van der Waals surface area (Å²) in [5.74, 6) is 0.209. The molecule has 0 N–H and O–H groups in total. The lowest BCUT2D eigenvalue weighted by molar-refractivity contribution is -0.124. The zero-order chi connectivity index (χ0) is 20.4. The molecule has 1 aliphatic rings. The van der Waals surface area contributed by atoms with Crippen LogP contribution >= 0.6 is 0 Å². The molecule has 0 aromatic heterocycles. The first-order valence-corrected chi connectivity index (χ1v) is 9.67. The van der Waals surface area contributed by atoms with Crippen LogP contribution in [-0.2, 0) is 9.59 Å². The van der Waals surface area contributed by atoms with Crippen LogP contribution in [0.25, 0.3) is 0 Å². The number of nitrogens with zero attached hydrogens (tertiary/aromatic N) is 2. The maximum atomic E-state index is 13.4. The van der Waals surface area contributed by atoms with E-state index in [9.17, 15) is 9.59 Å². The van der Waals surface area contributed by atoms with Gasteiger partial charge in [-0.25, -0.2) is 0 Å². The number of ether oxygens (including phenoxy) is 1. The topological polar surface area (TPSA) is 49.9 Å². The SMILES string of the molecule is COc1ccccc1N1CC(C(=O)N(c2cc(C)ccc2C)C(C)C)CC1=O. The third kappa shape index (κ3) is 3.75. The molecule has 28 heavy (non-hydrogen) atoms. The van der Waals surface area contributed by atoms with E-state index in [1.165, 1.54) is 0 Å². The molecule has 0 bridgehead atoms. The highest BCUT2D eigenvalue weighted by molar-refractivity contribution is 6.05. The van der Waals surface area contributed by atoms with Crippen molar-refractivity contribution in [3.8, 4) is 5.75 Å². The predicted molar refractivity (Wildman–Crippen MR) is 112 cm³/mol. The molecule has 2 aromatic carbocycles. The van der Waals surface area contributed by atoms with Crippen LogP contribution in [0, 0.1) is 19.8 Å². The largest absolute Gasteiger partial charge is 0.495 e. The number of hydrogen-bond acceptors (Lipinski definition) is 3. The van der Waals surface area contributed by atoms with Crippen LogP contribution in [0.5, 0.6) is 5.75 Å². The quantitative estimate of drug-likeness (QED) is 0.784. The summed E-state index contributed by atoms with van der Waals surface area (Å²) in [6.07, 6.45) is 0.213. The Labute approximate surface area is 166 Å². The van der Waals surface area contributed by atoms with Gasteiger partial charge in [-0.05, 0) is 57.0 Å². The van der Waals surface area contributed by atoms with Gasteiger partial charge in [-0.3, -0.25) is 9.59 Å². The van der Waals surface area contributed by atoms with Gasteiger partial charge in [0.05, 0.1) is 18.7 Å². The fourth-order valence-corrected chi connectivity index (χ4v) is 3.79. The molecule has 1 fully saturated rings. The van der Waals surface area contributed by atoms with Crippen LogP contribution < -0.4 is 14.5 Å². The number of anilines is 2. The Hall–Kier alpha value is -2.82. The van der Waals surface area contributed by atoms with Crippen molar-refractivity contribution < 1.29 is 14.3 Å². The molecule has 1 atom stereocenters. The van der Waals surface area contributed by atoms with E-state index in [0.29, 0.717) is 18.0 Å². The maximum Gasteiger partial charge on any atom is 0.232 e. The van der Waals surface area contributed by atoms with Crippen LogP contribution in [0.2, 0.25) is 0 Å². The van der Waals surface area contributed by atoms with Crippen LogP contribution in [0.4, 0.5) is 11.4 Å². The first-order valence-electron chi connectivity index (χ1n) is 9.67. The molecular weight excluding hydrogens is 352 g/mol. The summed E-state index contributed by atoms with van der Waals surface area (Å²) in [5, 5.41) is 0. The summed E-state index contributed by atoms with van der Waals surface area (Å²) in [6, 6.07) is 13.6. The van der Waals surface area contributed by atoms with Crippen molar-refractivity contribution in [1.82, 2.24) is 0 Å².